The molecule has 1 amide bonds. The van der Waals surface area contributed by atoms with Gasteiger partial charge in [-0.15, -0.1) is 0 Å². The maximum absolute atomic E-state index is 13.3. The van der Waals surface area contributed by atoms with Crippen LogP contribution in [0.25, 0.3) is 0 Å². The van der Waals surface area contributed by atoms with Crippen molar-refractivity contribution in [2.45, 2.75) is 50.5 Å². The molecule has 4 nitrogen and oxygen atoms in total. The van der Waals surface area contributed by atoms with Crippen LogP contribution in [-0.2, 0) is 4.79 Å². The van der Waals surface area contributed by atoms with Gasteiger partial charge in [0.1, 0.15) is 11.6 Å². The van der Waals surface area contributed by atoms with Crippen LogP contribution in [0.5, 0.6) is 0 Å². The van der Waals surface area contributed by atoms with E-state index in [1.807, 2.05) is 16.8 Å². The lowest BCUT2D eigenvalue weighted by Crippen LogP contribution is -2.21. The van der Waals surface area contributed by atoms with Crippen LogP contribution in [0, 0.1) is 11.7 Å². The molecule has 1 N–H and O–H groups in total. The molecule has 0 bridgehead atoms. The largest absolute Gasteiger partial charge is 0.311 e. The minimum atomic E-state index is -0.242. The number of benzene rings is 1. The Morgan fingerprint density at radius 1 is 1.21 bits per heavy atom. The summed E-state index contributed by atoms with van der Waals surface area (Å²) in [5, 5.41) is 7.45. The van der Waals surface area contributed by atoms with Gasteiger partial charge in [-0.2, -0.15) is 5.10 Å². The maximum Gasteiger partial charge on any atom is 0.229 e. The second kappa shape index (κ2) is 6.38. The third kappa shape index (κ3) is 3.07. The number of hydrogen-bond donors (Lipinski definition) is 1. The van der Waals surface area contributed by atoms with Gasteiger partial charge in [-0.1, -0.05) is 31.4 Å². The van der Waals surface area contributed by atoms with Crippen LogP contribution < -0.4 is 5.32 Å². The van der Waals surface area contributed by atoms with Crippen LogP contribution in [0.4, 0.5) is 10.2 Å². The number of anilines is 1. The van der Waals surface area contributed by atoms with E-state index in [9.17, 15) is 9.18 Å². The number of halogens is 1. The third-order valence-electron chi connectivity index (χ3n) is 5.25. The van der Waals surface area contributed by atoms with Gasteiger partial charge in [0.05, 0.1) is 12.2 Å². The Hall–Kier alpha value is -2.17. The first-order valence-corrected chi connectivity index (χ1v) is 8.82. The molecule has 0 unspecified atom stereocenters. The second-order valence-corrected chi connectivity index (χ2v) is 6.95. The molecule has 0 spiro atoms. The topological polar surface area (TPSA) is 46.9 Å². The standard InChI is InChI=1S/C19H22FN3O/c20-14-6-4-5-13(11-14)16-12-17(16)19(24)22-18-9-10-21-23(18)15-7-2-1-3-8-15/h4-6,9-11,15-17H,1-3,7-8,12H2,(H,22,24)/t16-,17+/m0/s1. The normalized spacial score (nSPS) is 23.9. The van der Waals surface area contributed by atoms with E-state index in [4.69, 9.17) is 0 Å². The Morgan fingerprint density at radius 2 is 2.04 bits per heavy atom. The summed E-state index contributed by atoms with van der Waals surface area (Å²) >= 11 is 0. The van der Waals surface area contributed by atoms with Gasteiger partial charge >= 0.3 is 0 Å². The molecule has 2 aliphatic rings. The summed E-state index contributed by atoms with van der Waals surface area (Å²) in [6.45, 7) is 0. The van der Waals surface area contributed by atoms with E-state index < -0.39 is 0 Å². The van der Waals surface area contributed by atoms with Crippen molar-refractivity contribution in [2.75, 3.05) is 5.32 Å². The first-order chi connectivity index (χ1) is 11.7. The van der Waals surface area contributed by atoms with Gasteiger partial charge < -0.3 is 5.32 Å². The lowest BCUT2D eigenvalue weighted by Gasteiger charge is -2.23. The monoisotopic (exact) mass is 327 g/mol. The van der Waals surface area contributed by atoms with E-state index in [1.165, 1.54) is 31.4 Å². The first kappa shape index (κ1) is 15.4. The van der Waals surface area contributed by atoms with E-state index in [-0.39, 0.29) is 23.6 Å². The fraction of sp³-hybridized carbons (Fsp3) is 0.474. The quantitative estimate of drug-likeness (QED) is 0.911. The zero-order chi connectivity index (χ0) is 16.5. The lowest BCUT2D eigenvalue weighted by molar-refractivity contribution is -0.117. The highest BCUT2D eigenvalue weighted by Crippen LogP contribution is 2.48. The summed E-state index contributed by atoms with van der Waals surface area (Å²) < 4.78 is 15.3. The van der Waals surface area contributed by atoms with Crippen molar-refractivity contribution in [3.63, 3.8) is 0 Å². The minimum Gasteiger partial charge on any atom is -0.311 e. The molecule has 1 aromatic carbocycles. The van der Waals surface area contributed by atoms with E-state index in [1.54, 1.807) is 12.3 Å². The fourth-order valence-electron chi connectivity index (χ4n) is 3.84. The summed E-state index contributed by atoms with van der Waals surface area (Å²) in [4.78, 5) is 12.5. The zero-order valence-electron chi connectivity index (χ0n) is 13.6. The Bertz CT molecular complexity index is 736. The molecule has 2 aliphatic carbocycles. The number of nitrogens with one attached hydrogen (secondary N) is 1. The molecule has 2 fully saturated rings. The van der Waals surface area contributed by atoms with Gasteiger partial charge in [-0.25, -0.2) is 9.07 Å². The predicted molar refractivity (Wildman–Crippen MR) is 90.2 cm³/mol. The van der Waals surface area contributed by atoms with Crippen molar-refractivity contribution in [1.82, 2.24) is 9.78 Å². The van der Waals surface area contributed by atoms with E-state index >= 15 is 0 Å². The van der Waals surface area contributed by atoms with Crippen molar-refractivity contribution in [1.29, 1.82) is 0 Å². The van der Waals surface area contributed by atoms with Crippen LogP contribution in [0.3, 0.4) is 0 Å². The van der Waals surface area contributed by atoms with Crippen molar-refractivity contribution in [3.8, 4) is 0 Å². The number of carbonyl (C=O) groups is 1. The van der Waals surface area contributed by atoms with Gasteiger partial charge in [0, 0.05) is 12.0 Å². The predicted octanol–water partition coefficient (Wildman–Crippen LogP) is 4.27. The number of hydrogen-bond acceptors (Lipinski definition) is 2. The summed E-state index contributed by atoms with van der Waals surface area (Å²) in [6, 6.07) is 8.82. The summed E-state index contributed by atoms with van der Waals surface area (Å²) in [7, 11) is 0. The van der Waals surface area contributed by atoms with Crippen LogP contribution in [0.1, 0.15) is 56.0 Å². The molecular weight excluding hydrogens is 305 g/mol. The smallest absolute Gasteiger partial charge is 0.229 e. The third-order valence-corrected chi connectivity index (χ3v) is 5.25. The fourth-order valence-corrected chi connectivity index (χ4v) is 3.84. The van der Waals surface area contributed by atoms with Gasteiger partial charge in [0.25, 0.3) is 0 Å². The van der Waals surface area contributed by atoms with Crippen molar-refractivity contribution < 1.29 is 9.18 Å². The number of amides is 1. The highest BCUT2D eigenvalue weighted by molar-refractivity contribution is 5.94. The van der Waals surface area contributed by atoms with Gasteiger partial charge in [0.15, 0.2) is 0 Å². The molecule has 2 aromatic rings. The summed E-state index contributed by atoms with van der Waals surface area (Å²) in [5.41, 5.74) is 0.913. The Balaban J connectivity index is 1.42. The number of nitrogens with zero attached hydrogens (tertiary/aromatic N) is 2. The van der Waals surface area contributed by atoms with E-state index in [2.05, 4.69) is 10.4 Å². The SMILES string of the molecule is O=C(Nc1ccnn1C1CCCCC1)[C@@H]1C[C@H]1c1cccc(F)c1. The number of carbonyl (C=O) groups excluding carboxylic acids is 1. The molecule has 24 heavy (non-hydrogen) atoms. The van der Waals surface area contributed by atoms with Gasteiger partial charge in [-0.05, 0) is 42.9 Å². The van der Waals surface area contributed by atoms with Crippen LogP contribution in [0.2, 0.25) is 0 Å². The second-order valence-electron chi connectivity index (χ2n) is 6.95. The zero-order valence-corrected chi connectivity index (χ0v) is 13.6. The van der Waals surface area contributed by atoms with Crippen LogP contribution >= 0.6 is 0 Å². The molecule has 2 atom stereocenters. The summed E-state index contributed by atoms with van der Waals surface area (Å²) in [5.74, 6) is 0.626. The van der Waals surface area contributed by atoms with Crippen molar-refractivity contribution in [2.24, 2.45) is 5.92 Å². The molecular formula is C19H22FN3O. The number of rotatable bonds is 4. The molecule has 0 radical (unpaired) electrons. The van der Waals surface area contributed by atoms with Crippen LogP contribution in [-0.4, -0.2) is 15.7 Å². The first-order valence-electron chi connectivity index (χ1n) is 8.82. The molecule has 0 saturated heterocycles. The lowest BCUT2D eigenvalue weighted by atomic mass is 9.96. The Labute approximate surface area is 141 Å². The van der Waals surface area contributed by atoms with Crippen molar-refractivity contribution >= 4 is 11.7 Å². The van der Waals surface area contributed by atoms with E-state index in [0.717, 1.165) is 30.6 Å². The van der Waals surface area contributed by atoms with Gasteiger partial charge in [-0.3, -0.25) is 4.79 Å². The Kier molecular flexibility index (Phi) is 4.08. The molecule has 4 rings (SSSR count). The molecule has 2 saturated carbocycles. The highest BCUT2D eigenvalue weighted by Gasteiger charge is 2.44. The molecule has 126 valence electrons. The molecule has 5 heteroatoms. The number of aromatic nitrogens is 2. The van der Waals surface area contributed by atoms with Gasteiger partial charge in [0.2, 0.25) is 5.91 Å². The van der Waals surface area contributed by atoms with Crippen LogP contribution in [0.15, 0.2) is 36.5 Å². The Morgan fingerprint density at radius 3 is 2.83 bits per heavy atom. The molecule has 1 aromatic heterocycles. The van der Waals surface area contributed by atoms with Crippen molar-refractivity contribution in [3.05, 3.63) is 47.9 Å². The molecule has 1 heterocycles. The average molecular weight is 327 g/mol. The summed E-state index contributed by atoms with van der Waals surface area (Å²) in [6.07, 6.45) is 8.52. The van der Waals surface area contributed by atoms with E-state index in [0.29, 0.717) is 6.04 Å². The highest BCUT2D eigenvalue weighted by atomic mass is 19.1. The average Bonchev–Trinajstić information content (AvgIpc) is 3.28. The minimum absolute atomic E-state index is 0.0156. The maximum atomic E-state index is 13.3. The molecule has 0 aliphatic heterocycles.